The quantitative estimate of drug-likeness (QED) is 0.866. The number of thiophene rings is 1. The van der Waals surface area contributed by atoms with Gasteiger partial charge < -0.3 is 5.11 Å². The fourth-order valence-corrected chi connectivity index (χ4v) is 2.46. The molecule has 0 saturated carbocycles. The highest BCUT2D eigenvalue weighted by atomic mass is 32.1. The van der Waals surface area contributed by atoms with Gasteiger partial charge in [-0.05, 0) is 36.1 Å². The summed E-state index contributed by atoms with van der Waals surface area (Å²) in [6.07, 6.45) is 0.494. The molecule has 1 nitrogen and oxygen atoms in total. The van der Waals surface area contributed by atoms with Gasteiger partial charge >= 0.3 is 0 Å². The smallest absolute Gasteiger partial charge is 0.123 e. The predicted molar refractivity (Wildman–Crippen MR) is 64.0 cm³/mol. The number of hydrogen-bond donors (Lipinski definition) is 1. The Labute approximate surface area is 98.2 Å². The first-order chi connectivity index (χ1) is 7.58. The molecule has 0 aliphatic carbocycles. The van der Waals surface area contributed by atoms with E-state index in [1.807, 2.05) is 17.5 Å². The third kappa shape index (κ3) is 2.49. The van der Waals surface area contributed by atoms with E-state index in [0.717, 1.165) is 10.4 Å². The van der Waals surface area contributed by atoms with Gasteiger partial charge in [-0.3, -0.25) is 0 Å². The Bertz CT molecular complexity index is 445. The first kappa shape index (κ1) is 11.3. The fourth-order valence-electron chi connectivity index (χ4n) is 1.67. The van der Waals surface area contributed by atoms with E-state index >= 15 is 0 Å². The molecular formula is C13H13FOS. The number of rotatable bonds is 3. The Balaban J connectivity index is 2.18. The maximum absolute atomic E-state index is 12.7. The van der Waals surface area contributed by atoms with Crippen molar-refractivity contribution < 1.29 is 9.50 Å². The molecule has 1 heterocycles. The summed E-state index contributed by atoms with van der Waals surface area (Å²) in [5, 5.41) is 12.3. The maximum Gasteiger partial charge on any atom is 0.123 e. The summed E-state index contributed by atoms with van der Waals surface area (Å²) >= 11 is 1.53. The van der Waals surface area contributed by atoms with Gasteiger partial charge in [0.15, 0.2) is 0 Å². The zero-order valence-corrected chi connectivity index (χ0v) is 9.80. The Morgan fingerprint density at radius 2 is 1.94 bits per heavy atom. The normalized spacial score (nSPS) is 14.7. The van der Waals surface area contributed by atoms with Gasteiger partial charge in [-0.2, -0.15) is 0 Å². The molecule has 0 aliphatic heterocycles. The van der Waals surface area contributed by atoms with Crippen molar-refractivity contribution >= 4 is 11.3 Å². The summed E-state index contributed by atoms with van der Waals surface area (Å²) in [4.78, 5) is 0.928. The Hall–Kier alpha value is -1.19. The summed E-state index contributed by atoms with van der Waals surface area (Å²) in [6, 6.07) is 10.1. The van der Waals surface area contributed by atoms with Crippen molar-refractivity contribution in [3.05, 3.63) is 58.0 Å². The molecule has 1 aromatic heterocycles. The van der Waals surface area contributed by atoms with E-state index in [2.05, 4.69) is 0 Å². The highest BCUT2D eigenvalue weighted by Gasteiger charge is 2.24. The molecule has 0 bridgehead atoms. The molecule has 1 unspecified atom stereocenters. The van der Waals surface area contributed by atoms with Crippen LogP contribution in [0.5, 0.6) is 0 Å². The zero-order valence-electron chi connectivity index (χ0n) is 8.98. The van der Waals surface area contributed by atoms with Crippen molar-refractivity contribution in [3.63, 3.8) is 0 Å². The van der Waals surface area contributed by atoms with E-state index in [4.69, 9.17) is 0 Å². The second kappa shape index (κ2) is 4.36. The van der Waals surface area contributed by atoms with Crippen LogP contribution in [0, 0.1) is 5.82 Å². The van der Waals surface area contributed by atoms with Crippen LogP contribution in [0.1, 0.15) is 17.4 Å². The van der Waals surface area contributed by atoms with Gasteiger partial charge in [-0.15, -0.1) is 11.3 Å². The number of hydrogen-bond acceptors (Lipinski definition) is 2. The second-order valence-electron chi connectivity index (χ2n) is 4.05. The molecule has 0 aliphatic rings. The van der Waals surface area contributed by atoms with Crippen molar-refractivity contribution in [1.82, 2.24) is 0 Å². The third-order valence-corrected chi connectivity index (χ3v) is 3.64. The van der Waals surface area contributed by atoms with Crippen LogP contribution in [-0.4, -0.2) is 5.11 Å². The van der Waals surface area contributed by atoms with E-state index in [9.17, 15) is 9.50 Å². The largest absolute Gasteiger partial charge is 0.384 e. The van der Waals surface area contributed by atoms with Crippen molar-refractivity contribution in [2.75, 3.05) is 0 Å². The van der Waals surface area contributed by atoms with Crippen molar-refractivity contribution in [2.24, 2.45) is 0 Å². The summed E-state index contributed by atoms with van der Waals surface area (Å²) < 4.78 is 12.7. The van der Waals surface area contributed by atoms with Gasteiger partial charge in [0, 0.05) is 11.3 Å². The average molecular weight is 236 g/mol. The highest BCUT2D eigenvalue weighted by molar-refractivity contribution is 7.10. The van der Waals surface area contributed by atoms with E-state index in [-0.39, 0.29) is 5.82 Å². The van der Waals surface area contributed by atoms with Gasteiger partial charge in [-0.1, -0.05) is 18.2 Å². The molecule has 16 heavy (non-hydrogen) atoms. The average Bonchev–Trinajstić information content (AvgIpc) is 2.75. The van der Waals surface area contributed by atoms with Crippen LogP contribution in [0.3, 0.4) is 0 Å². The minimum atomic E-state index is -0.883. The van der Waals surface area contributed by atoms with E-state index in [1.54, 1.807) is 19.1 Å². The third-order valence-electron chi connectivity index (χ3n) is 2.51. The summed E-state index contributed by atoms with van der Waals surface area (Å²) in [6.45, 7) is 1.78. The molecule has 84 valence electrons. The van der Waals surface area contributed by atoms with Crippen molar-refractivity contribution in [1.29, 1.82) is 0 Å². The molecular weight excluding hydrogens is 223 g/mol. The number of aliphatic hydroxyl groups is 1. The lowest BCUT2D eigenvalue weighted by Gasteiger charge is -2.21. The lowest BCUT2D eigenvalue weighted by Crippen LogP contribution is -2.22. The molecule has 2 rings (SSSR count). The minimum Gasteiger partial charge on any atom is -0.384 e. The van der Waals surface area contributed by atoms with Gasteiger partial charge in [-0.25, -0.2) is 4.39 Å². The van der Waals surface area contributed by atoms with Crippen LogP contribution >= 0.6 is 11.3 Å². The topological polar surface area (TPSA) is 20.2 Å². The standard InChI is InChI=1S/C13H13FOS/c1-13(15,12-3-2-8-16-12)9-10-4-6-11(14)7-5-10/h2-8,15H,9H2,1H3. The highest BCUT2D eigenvalue weighted by Crippen LogP contribution is 2.28. The van der Waals surface area contributed by atoms with E-state index < -0.39 is 5.60 Å². The van der Waals surface area contributed by atoms with Gasteiger partial charge in [0.05, 0.1) is 5.60 Å². The van der Waals surface area contributed by atoms with Crippen LogP contribution in [-0.2, 0) is 12.0 Å². The zero-order chi connectivity index (χ0) is 11.6. The van der Waals surface area contributed by atoms with Crippen LogP contribution in [0.4, 0.5) is 4.39 Å². The van der Waals surface area contributed by atoms with Crippen LogP contribution < -0.4 is 0 Å². The number of benzene rings is 1. The molecule has 0 amide bonds. The molecule has 2 aromatic rings. The van der Waals surface area contributed by atoms with E-state index in [0.29, 0.717) is 6.42 Å². The molecule has 0 radical (unpaired) electrons. The molecule has 1 N–H and O–H groups in total. The van der Waals surface area contributed by atoms with Gasteiger partial charge in [0.25, 0.3) is 0 Å². The van der Waals surface area contributed by atoms with Gasteiger partial charge in [0.2, 0.25) is 0 Å². The van der Waals surface area contributed by atoms with E-state index in [1.165, 1.54) is 23.5 Å². The van der Waals surface area contributed by atoms with Gasteiger partial charge in [0.1, 0.15) is 5.82 Å². The predicted octanol–water partition coefficient (Wildman–Crippen LogP) is 3.34. The molecule has 1 aromatic carbocycles. The lowest BCUT2D eigenvalue weighted by molar-refractivity contribution is 0.0615. The SMILES string of the molecule is CC(O)(Cc1ccc(F)cc1)c1cccs1. The summed E-state index contributed by atoms with van der Waals surface area (Å²) in [5.74, 6) is -0.250. The molecule has 0 fully saturated rings. The number of halogens is 1. The summed E-state index contributed by atoms with van der Waals surface area (Å²) in [7, 11) is 0. The molecule has 1 atom stereocenters. The second-order valence-corrected chi connectivity index (χ2v) is 5.00. The Morgan fingerprint density at radius 1 is 1.25 bits per heavy atom. The Kier molecular flexibility index (Phi) is 3.08. The van der Waals surface area contributed by atoms with Crippen LogP contribution in [0.15, 0.2) is 41.8 Å². The van der Waals surface area contributed by atoms with Crippen molar-refractivity contribution in [2.45, 2.75) is 18.9 Å². The monoisotopic (exact) mass is 236 g/mol. The molecule has 3 heteroatoms. The minimum absolute atomic E-state index is 0.250. The van der Waals surface area contributed by atoms with Crippen LogP contribution in [0.25, 0.3) is 0 Å². The lowest BCUT2D eigenvalue weighted by atomic mass is 9.95. The maximum atomic E-state index is 12.7. The first-order valence-corrected chi connectivity index (χ1v) is 5.97. The molecule has 0 saturated heterocycles. The van der Waals surface area contributed by atoms with Crippen molar-refractivity contribution in [3.8, 4) is 0 Å². The Morgan fingerprint density at radius 3 is 2.50 bits per heavy atom. The molecule has 0 spiro atoms. The fraction of sp³-hybridized carbons (Fsp3) is 0.231. The summed E-state index contributed by atoms with van der Waals surface area (Å²) in [5.41, 5.74) is 0.0474. The first-order valence-electron chi connectivity index (χ1n) is 5.09. The van der Waals surface area contributed by atoms with Crippen LogP contribution in [0.2, 0.25) is 0 Å².